The van der Waals surface area contributed by atoms with E-state index in [4.69, 9.17) is 5.26 Å². The summed E-state index contributed by atoms with van der Waals surface area (Å²) in [6.07, 6.45) is 3.04. The van der Waals surface area contributed by atoms with Gasteiger partial charge < -0.3 is 4.90 Å². The number of hydrogen-bond donors (Lipinski definition) is 0. The second kappa shape index (κ2) is 3.96. The number of carbonyl (C=O) groups excluding carboxylic acids is 1. The summed E-state index contributed by atoms with van der Waals surface area (Å²) in [5.41, 5.74) is 0.115. The Bertz CT molecular complexity index is 414. The molecule has 0 radical (unpaired) electrons. The Kier molecular flexibility index (Phi) is 2.63. The number of likely N-dealkylation sites (tertiary alicyclic amines) is 2. The van der Waals surface area contributed by atoms with Gasteiger partial charge in [-0.05, 0) is 33.1 Å². The maximum Gasteiger partial charge on any atom is 0.227 e. The van der Waals surface area contributed by atoms with E-state index in [-0.39, 0.29) is 23.3 Å². The molecule has 0 bridgehead atoms. The van der Waals surface area contributed by atoms with Crippen LogP contribution in [0.3, 0.4) is 0 Å². The van der Waals surface area contributed by atoms with Crippen LogP contribution in [0.5, 0.6) is 0 Å². The highest BCUT2D eigenvalue weighted by Crippen LogP contribution is 2.46. The molecule has 3 rings (SSSR count). The molecule has 98 valence electrons. The fourth-order valence-corrected chi connectivity index (χ4v) is 3.45. The number of amides is 1. The van der Waals surface area contributed by atoms with Crippen LogP contribution in [-0.4, -0.2) is 46.9 Å². The van der Waals surface area contributed by atoms with Gasteiger partial charge in [-0.25, -0.2) is 0 Å². The van der Waals surface area contributed by atoms with E-state index in [9.17, 15) is 4.79 Å². The lowest BCUT2D eigenvalue weighted by Crippen LogP contribution is -2.64. The first-order chi connectivity index (χ1) is 8.57. The van der Waals surface area contributed by atoms with Crippen LogP contribution in [0, 0.1) is 23.2 Å². The lowest BCUT2D eigenvalue weighted by atomic mass is 9.83. The molecular formula is C14H21N3O. The third-order valence-corrected chi connectivity index (χ3v) is 5.00. The standard InChI is InChI=1S/C14H21N3O/c1-10(2)16-5-3-14(9-16)4-6-17(14)13(18)12-7-11(12)8-15/h10-12H,3-7,9H2,1-2H3/t11-,12+,14?/m0/s1. The smallest absolute Gasteiger partial charge is 0.227 e. The molecule has 0 N–H and O–H groups in total. The van der Waals surface area contributed by atoms with Gasteiger partial charge in [-0.1, -0.05) is 0 Å². The predicted octanol–water partition coefficient (Wildman–Crippen LogP) is 1.23. The van der Waals surface area contributed by atoms with E-state index in [0.29, 0.717) is 6.04 Å². The quantitative estimate of drug-likeness (QED) is 0.737. The summed E-state index contributed by atoms with van der Waals surface area (Å²) >= 11 is 0. The van der Waals surface area contributed by atoms with Crippen molar-refractivity contribution in [1.82, 2.24) is 9.80 Å². The zero-order chi connectivity index (χ0) is 12.9. The lowest BCUT2D eigenvalue weighted by molar-refractivity contribution is -0.148. The van der Waals surface area contributed by atoms with E-state index < -0.39 is 0 Å². The third-order valence-electron chi connectivity index (χ3n) is 5.00. The first-order valence-electron chi connectivity index (χ1n) is 7.02. The second-order valence-corrected chi connectivity index (χ2v) is 6.36. The molecule has 1 aliphatic carbocycles. The van der Waals surface area contributed by atoms with Gasteiger partial charge in [0, 0.05) is 25.7 Å². The van der Waals surface area contributed by atoms with Crippen LogP contribution in [0.1, 0.15) is 33.1 Å². The zero-order valence-electron chi connectivity index (χ0n) is 11.2. The van der Waals surface area contributed by atoms with Crippen LogP contribution < -0.4 is 0 Å². The van der Waals surface area contributed by atoms with Gasteiger partial charge >= 0.3 is 0 Å². The van der Waals surface area contributed by atoms with Crippen molar-refractivity contribution in [2.24, 2.45) is 11.8 Å². The molecule has 4 nitrogen and oxygen atoms in total. The van der Waals surface area contributed by atoms with Gasteiger partial charge in [0.15, 0.2) is 0 Å². The van der Waals surface area contributed by atoms with E-state index in [2.05, 4.69) is 29.7 Å². The molecule has 2 saturated heterocycles. The van der Waals surface area contributed by atoms with Crippen molar-refractivity contribution >= 4 is 5.91 Å². The van der Waals surface area contributed by atoms with Crippen molar-refractivity contribution in [1.29, 1.82) is 5.26 Å². The van der Waals surface area contributed by atoms with Crippen LogP contribution in [-0.2, 0) is 4.79 Å². The van der Waals surface area contributed by atoms with Gasteiger partial charge in [-0.2, -0.15) is 5.26 Å². The summed E-state index contributed by atoms with van der Waals surface area (Å²) in [6, 6.07) is 2.79. The Morgan fingerprint density at radius 2 is 2.11 bits per heavy atom. The number of hydrogen-bond acceptors (Lipinski definition) is 3. The molecule has 0 aromatic rings. The summed E-state index contributed by atoms with van der Waals surface area (Å²) in [6.45, 7) is 7.47. The topological polar surface area (TPSA) is 47.3 Å². The van der Waals surface area contributed by atoms with Gasteiger partial charge in [0.1, 0.15) is 0 Å². The molecule has 3 atom stereocenters. The maximum atomic E-state index is 12.4. The normalized spacial score (nSPS) is 38.9. The highest BCUT2D eigenvalue weighted by Gasteiger charge is 2.56. The monoisotopic (exact) mass is 247 g/mol. The van der Waals surface area contributed by atoms with Crippen LogP contribution in [0.25, 0.3) is 0 Å². The number of carbonyl (C=O) groups is 1. The zero-order valence-corrected chi connectivity index (χ0v) is 11.2. The predicted molar refractivity (Wildman–Crippen MR) is 67.6 cm³/mol. The van der Waals surface area contributed by atoms with Crippen LogP contribution in [0.15, 0.2) is 0 Å². The summed E-state index contributed by atoms with van der Waals surface area (Å²) in [7, 11) is 0. The highest BCUT2D eigenvalue weighted by atomic mass is 16.2. The molecule has 4 heteroatoms. The fraction of sp³-hybridized carbons (Fsp3) is 0.857. The Hall–Kier alpha value is -1.08. The Labute approximate surface area is 109 Å². The van der Waals surface area contributed by atoms with E-state index in [1.807, 2.05) is 0 Å². The molecule has 2 heterocycles. The summed E-state index contributed by atoms with van der Waals surface area (Å²) in [5.74, 6) is 0.261. The van der Waals surface area contributed by atoms with Crippen molar-refractivity contribution in [3.8, 4) is 6.07 Å². The molecule has 3 fully saturated rings. The van der Waals surface area contributed by atoms with Gasteiger partial charge in [-0.3, -0.25) is 9.69 Å². The molecular weight excluding hydrogens is 226 g/mol. The van der Waals surface area contributed by atoms with E-state index in [1.165, 1.54) is 0 Å². The summed E-state index contributed by atoms with van der Waals surface area (Å²) < 4.78 is 0. The largest absolute Gasteiger partial charge is 0.335 e. The molecule has 1 saturated carbocycles. The molecule has 3 aliphatic rings. The fourth-order valence-electron chi connectivity index (χ4n) is 3.45. The number of rotatable bonds is 2. The van der Waals surface area contributed by atoms with E-state index in [0.717, 1.165) is 38.9 Å². The van der Waals surface area contributed by atoms with Gasteiger partial charge in [0.25, 0.3) is 0 Å². The first-order valence-corrected chi connectivity index (χ1v) is 7.02. The molecule has 2 aliphatic heterocycles. The molecule has 0 aromatic heterocycles. The Balaban J connectivity index is 1.66. The van der Waals surface area contributed by atoms with Gasteiger partial charge in [-0.15, -0.1) is 0 Å². The second-order valence-electron chi connectivity index (χ2n) is 6.36. The minimum absolute atomic E-state index is 0.00208. The average Bonchev–Trinajstić information content (AvgIpc) is 2.95. The Morgan fingerprint density at radius 1 is 1.39 bits per heavy atom. The minimum Gasteiger partial charge on any atom is -0.335 e. The van der Waals surface area contributed by atoms with Gasteiger partial charge in [0.2, 0.25) is 5.91 Å². The summed E-state index contributed by atoms with van der Waals surface area (Å²) in [4.78, 5) is 16.9. The van der Waals surface area contributed by atoms with Crippen molar-refractivity contribution in [2.45, 2.75) is 44.7 Å². The van der Waals surface area contributed by atoms with Crippen molar-refractivity contribution in [2.75, 3.05) is 19.6 Å². The van der Waals surface area contributed by atoms with E-state index >= 15 is 0 Å². The summed E-state index contributed by atoms with van der Waals surface area (Å²) in [5, 5.41) is 8.84. The molecule has 1 spiro atoms. The molecule has 18 heavy (non-hydrogen) atoms. The molecule has 1 amide bonds. The molecule has 0 aromatic carbocycles. The van der Waals surface area contributed by atoms with Crippen molar-refractivity contribution < 1.29 is 4.79 Å². The van der Waals surface area contributed by atoms with Gasteiger partial charge in [0.05, 0.1) is 23.4 Å². The molecule has 1 unspecified atom stereocenters. The Morgan fingerprint density at radius 3 is 2.56 bits per heavy atom. The van der Waals surface area contributed by atoms with Crippen molar-refractivity contribution in [3.05, 3.63) is 0 Å². The SMILES string of the molecule is CC(C)N1CCC2(CCN2C(=O)[C@@H]2C[C@H]2C#N)C1. The van der Waals surface area contributed by atoms with Crippen molar-refractivity contribution in [3.63, 3.8) is 0 Å². The highest BCUT2D eigenvalue weighted by molar-refractivity contribution is 5.84. The number of nitrogens with zero attached hydrogens (tertiary/aromatic N) is 3. The van der Waals surface area contributed by atoms with Crippen LogP contribution >= 0.6 is 0 Å². The average molecular weight is 247 g/mol. The minimum atomic E-state index is -0.00208. The van der Waals surface area contributed by atoms with Crippen LogP contribution in [0.2, 0.25) is 0 Å². The third kappa shape index (κ3) is 1.65. The maximum absolute atomic E-state index is 12.4. The van der Waals surface area contributed by atoms with Crippen LogP contribution in [0.4, 0.5) is 0 Å². The number of nitriles is 1. The van der Waals surface area contributed by atoms with E-state index in [1.54, 1.807) is 0 Å². The first kappa shape index (κ1) is 12.0. The lowest BCUT2D eigenvalue weighted by Gasteiger charge is -2.51.